The molecule has 2 rings (SSSR count). The van der Waals surface area contributed by atoms with Crippen LogP contribution >= 0.6 is 24.8 Å². The Morgan fingerprint density at radius 1 is 1.26 bits per heavy atom. The lowest BCUT2D eigenvalue weighted by Crippen LogP contribution is -2.40. The predicted octanol–water partition coefficient (Wildman–Crippen LogP) is 1.84. The average molecular weight is 419 g/mol. The molecule has 0 bridgehead atoms. The van der Waals surface area contributed by atoms with Gasteiger partial charge in [0.25, 0.3) is 0 Å². The standard InChI is InChI=1S/C19H30N4O2.2ClH/c1-21-9-3-8-18(24)22-12-15-5-2-6-16(11-15)13-23-10-4-7-17(14-23)19(20)25;;/h2,5-6,11,17,21H,3-4,7-10,12-14H2,1H3,(H2,20,25)(H,22,24);2*1H. The predicted molar refractivity (Wildman–Crippen MR) is 113 cm³/mol. The van der Waals surface area contributed by atoms with E-state index in [1.54, 1.807) is 0 Å². The molecule has 2 amide bonds. The van der Waals surface area contributed by atoms with Crippen molar-refractivity contribution in [1.82, 2.24) is 15.5 Å². The van der Waals surface area contributed by atoms with Gasteiger partial charge in [-0.3, -0.25) is 14.5 Å². The van der Waals surface area contributed by atoms with Crippen molar-refractivity contribution in [3.8, 4) is 0 Å². The summed E-state index contributed by atoms with van der Waals surface area (Å²) in [7, 11) is 1.89. The minimum Gasteiger partial charge on any atom is -0.369 e. The molecule has 1 aromatic carbocycles. The summed E-state index contributed by atoms with van der Waals surface area (Å²) in [6.45, 7) is 3.95. The summed E-state index contributed by atoms with van der Waals surface area (Å²) in [6.07, 6.45) is 3.29. The summed E-state index contributed by atoms with van der Waals surface area (Å²) in [6, 6.07) is 8.26. The van der Waals surface area contributed by atoms with E-state index in [4.69, 9.17) is 5.73 Å². The number of amides is 2. The second-order valence-electron chi connectivity index (χ2n) is 6.78. The zero-order valence-electron chi connectivity index (χ0n) is 15.9. The van der Waals surface area contributed by atoms with Crippen LogP contribution in [-0.4, -0.2) is 43.4 Å². The van der Waals surface area contributed by atoms with Gasteiger partial charge in [-0.1, -0.05) is 24.3 Å². The quantitative estimate of drug-likeness (QED) is 0.533. The smallest absolute Gasteiger partial charge is 0.221 e. The number of primary amides is 1. The molecule has 0 aromatic heterocycles. The summed E-state index contributed by atoms with van der Waals surface area (Å²) in [5, 5.41) is 6.01. The lowest BCUT2D eigenvalue weighted by Gasteiger charge is -2.31. The van der Waals surface area contributed by atoms with Crippen LogP contribution in [0.3, 0.4) is 0 Å². The molecule has 6 nitrogen and oxygen atoms in total. The van der Waals surface area contributed by atoms with Gasteiger partial charge in [-0.2, -0.15) is 0 Å². The van der Waals surface area contributed by atoms with Crippen LogP contribution in [0.25, 0.3) is 0 Å². The van der Waals surface area contributed by atoms with Crippen molar-refractivity contribution >= 4 is 36.6 Å². The van der Waals surface area contributed by atoms with Gasteiger partial charge in [0.2, 0.25) is 11.8 Å². The first kappa shape index (κ1) is 25.7. The fourth-order valence-electron chi connectivity index (χ4n) is 3.24. The van der Waals surface area contributed by atoms with Crippen molar-refractivity contribution in [3.63, 3.8) is 0 Å². The highest BCUT2D eigenvalue weighted by Crippen LogP contribution is 2.18. The summed E-state index contributed by atoms with van der Waals surface area (Å²) in [5.41, 5.74) is 7.75. The summed E-state index contributed by atoms with van der Waals surface area (Å²) in [4.78, 5) is 25.5. The van der Waals surface area contributed by atoms with Crippen molar-refractivity contribution in [2.24, 2.45) is 11.7 Å². The number of halogens is 2. The third kappa shape index (κ3) is 9.42. The number of rotatable bonds is 9. The fourth-order valence-corrected chi connectivity index (χ4v) is 3.24. The fraction of sp³-hybridized carbons (Fsp3) is 0.579. The molecule has 1 unspecified atom stereocenters. The second-order valence-corrected chi connectivity index (χ2v) is 6.78. The zero-order valence-corrected chi connectivity index (χ0v) is 17.5. The molecule has 8 heteroatoms. The Kier molecular flexibility index (Phi) is 13.1. The number of nitrogens with two attached hydrogens (primary N) is 1. The molecule has 0 aliphatic carbocycles. The van der Waals surface area contributed by atoms with Gasteiger partial charge in [-0.15, -0.1) is 24.8 Å². The van der Waals surface area contributed by atoms with Crippen molar-refractivity contribution < 1.29 is 9.59 Å². The molecular weight excluding hydrogens is 387 g/mol. The Hall–Kier alpha value is -1.34. The monoisotopic (exact) mass is 418 g/mol. The van der Waals surface area contributed by atoms with Crippen molar-refractivity contribution in [1.29, 1.82) is 0 Å². The normalized spacial score (nSPS) is 16.7. The maximum absolute atomic E-state index is 11.8. The van der Waals surface area contributed by atoms with Crippen LogP contribution in [0.4, 0.5) is 0 Å². The van der Waals surface area contributed by atoms with Gasteiger partial charge in [0.1, 0.15) is 0 Å². The first-order valence-electron chi connectivity index (χ1n) is 9.09. The number of hydrogen-bond acceptors (Lipinski definition) is 4. The summed E-state index contributed by atoms with van der Waals surface area (Å²) in [5.74, 6) is -0.144. The van der Waals surface area contributed by atoms with E-state index in [0.29, 0.717) is 13.0 Å². The molecule has 0 spiro atoms. The molecule has 1 fully saturated rings. The molecule has 0 saturated carbocycles. The van der Waals surface area contributed by atoms with E-state index in [2.05, 4.69) is 27.7 Å². The van der Waals surface area contributed by atoms with Crippen LogP contribution in [0.15, 0.2) is 24.3 Å². The highest BCUT2D eigenvalue weighted by atomic mass is 35.5. The SMILES string of the molecule is CNCCCC(=O)NCc1cccc(CN2CCCC(C(N)=O)C2)c1.Cl.Cl. The second kappa shape index (κ2) is 13.8. The highest BCUT2D eigenvalue weighted by molar-refractivity contribution is 5.85. The number of nitrogens with one attached hydrogen (secondary N) is 2. The number of hydrogen-bond donors (Lipinski definition) is 3. The minimum absolute atomic E-state index is 0. The van der Waals surface area contributed by atoms with Gasteiger partial charge in [0, 0.05) is 26.1 Å². The third-order valence-corrected chi connectivity index (χ3v) is 4.63. The van der Waals surface area contributed by atoms with Crippen LogP contribution in [0.2, 0.25) is 0 Å². The molecule has 154 valence electrons. The van der Waals surface area contributed by atoms with Gasteiger partial charge in [-0.25, -0.2) is 0 Å². The number of carbonyl (C=O) groups is 2. The Morgan fingerprint density at radius 3 is 2.70 bits per heavy atom. The van der Waals surface area contributed by atoms with Crippen LogP contribution < -0.4 is 16.4 Å². The maximum Gasteiger partial charge on any atom is 0.221 e. The molecule has 0 radical (unpaired) electrons. The van der Waals surface area contributed by atoms with Crippen molar-refractivity contribution in [3.05, 3.63) is 35.4 Å². The van der Waals surface area contributed by atoms with E-state index in [1.165, 1.54) is 5.56 Å². The summed E-state index contributed by atoms with van der Waals surface area (Å²) >= 11 is 0. The van der Waals surface area contributed by atoms with Crippen LogP contribution in [0.5, 0.6) is 0 Å². The van der Waals surface area contributed by atoms with E-state index in [1.807, 2.05) is 19.2 Å². The number of carbonyl (C=O) groups excluding carboxylic acids is 2. The average Bonchev–Trinajstić information content (AvgIpc) is 2.61. The number of benzene rings is 1. The van der Waals surface area contributed by atoms with E-state index in [9.17, 15) is 9.59 Å². The number of nitrogens with zero attached hydrogens (tertiary/aromatic N) is 1. The molecule has 1 atom stereocenters. The van der Waals surface area contributed by atoms with Gasteiger partial charge in [0.15, 0.2) is 0 Å². The van der Waals surface area contributed by atoms with Crippen LogP contribution in [-0.2, 0) is 22.7 Å². The number of piperidine rings is 1. The van der Waals surface area contributed by atoms with Gasteiger partial charge >= 0.3 is 0 Å². The van der Waals surface area contributed by atoms with E-state index in [-0.39, 0.29) is 42.5 Å². The van der Waals surface area contributed by atoms with Crippen LogP contribution in [0, 0.1) is 5.92 Å². The third-order valence-electron chi connectivity index (χ3n) is 4.63. The molecule has 4 N–H and O–H groups in total. The summed E-state index contributed by atoms with van der Waals surface area (Å²) < 4.78 is 0. The lowest BCUT2D eigenvalue weighted by molar-refractivity contribution is -0.123. The van der Waals surface area contributed by atoms with Gasteiger partial charge in [0.05, 0.1) is 5.92 Å². The molecule has 1 saturated heterocycles. The minimum atomic E-state index is -0.195. The van der Waals surface area contributed by atoms with E-state index in [0.717, 1.165) is 51.0 Å². The Morgan fingerprint density at radius 2 is 2.00 bits per heavy atom. The Labute approximate surface area is 174 Å². The van der Waals surface area contributed by atoms with Crippen molar-refractivity contribution in [2.45, 2.75) is 38.8 Å². The molecule has 27 heavy (non-hydrogen) atoms. The topological polar surface area (TPSA) is 87.5 Å². The van der Waals surface area contributed by atoms with Gasteiger partial charge < -0.3 is 16.4 Å². The molecule has 1 aliphatic rings. The van der Waals surface area contributed by atoms with Crippen molar-refractivity contribution in [2.75, 3.05) is 26.7 Å². The van der Waals surface area contributed by atoms with E-state index >= 15 is 0 Å². The molecule has 1 heterocycles. The number of likely N-dealkylation sites (tertiary alicyclic amines) is 1. The lowest BCUT2D eigenvalue weighted by atomic mass is 9.97. The van der Waals surface area contributed by atoms with E-state index < -0.39 is 0 Å². The maximum atomic E-state index is 11.8. The Bertz CT molecular complexity index is 587. The molecule has 1 aromatic rings. The first-order chi connectivity index (χ1) is 12.1. The largest absolute Gasteiger partial charge is 0.369 e. The Balaban J connectivity index is 0.00000338. The van der Waals surface area contributed by atoms with Crippen LogP contribution in [0.1, 0.15) is 36.8 Å². The molecular formula is C19H32Cl2N4O2. The van der Waals surface area contributed by atoms with Gasteiger partial charge in [-0.05, 0) is 50.5 Å². The zero-order chi connectivity index (χ0) is 18.1. The first-order valence-corrected chi connectivity index (χ1v) is 9.09. The highest BCUT2D eigenvalue weighted by Gasteiger charge is 2.23. The molecule has 1 aliphatic heterocycles.